The molecular formula is C27H32FN3. The third kappa shape index (κ3) is 4.36. The van der Waals surface area contributed by atoms with Crippen LogP contribution in [0.15, 0.2) is 54.9 Å². The summed E-state index contributed by atoms with van der Waals surface area (Å²) in [7, 11) is 0. The second-order valence-corrected chi connectivity index (χ2v) is 10.3. The molecule has 1 saturated carbocycles. The molecule has 0 unspecified atom stereocenters. The Hall–Kier alpha value is -2.33. The highest BCUT2D eigenvalue weighted by Gasteiger charge is 2.45. The normalized spacial score (nSPS) is 22.3. The Bertz CT molecular complexity index is 1060. The molecule has 3 heterocycles. The van der Waals surface area contributed by atoms with Gasteiger partial charge in [0.1, 0.15) is 5.82 Å². The number of likely N-dealkylation sites (tertiary alicyclic amines) is 1. The van der Waals surface area contributed by atoms with Gasteiger partial charge in [0.15, 0.2) is 0 Å². The maximum atomic E-state index is 13.3. The van der Waals surface area contributed by atoms with E-state index in [1.807, 2.05) is 12.1 Å². The molecule has 1 saturated heterocycles. The maximum absolute atomic E-state index is 13.3. The highest BCUT2D eigenvalue weighted by molar-refractivity contribution is 5.78. The van der Waals surface area contributed by atoms with Gasteiger partial charge in [-0.25, -0.2) is 4.39 Å². The first-order valence-corrected chi connectivity index (χ1v) is 11.6. The highest BCUT2D eigenvalue weighted by atomic mass is 19.1. The zero-order valence-corrected chi connectivity index (χ0v) is 18.6. The smallest absolute Gasteiger partial charge is 0.141 e. The summed E-state index contributed by atoms with van der Waals surface area (Å²) in [5, 5.41) is 1.21. The molecule has 3 aromatic rings. The lowest BCUT2D eigenvalue weighted by Crippen LogP contribution is -2.41. The second kappa shape index (κ2) is 7.98. The second-order valence-electron chi connectivity index (χ2n) is 10.3. The SMILES string of the molecule is CC(C)(c1cnc2ccccc2c1)N1CC[C@](CCc2ccc(F)cn2)(CC2CC2)C1. The van der Waals surface area contributed by atoms with Crippen LogP contribution in [0.3, 0.4) is 0 Å². The van der Waals surface area contributed by atoms with E-state index in [1.165, 1.54) is 48.9 Å². The Morgan fingerprint density at radius 2 is 1.94 bits per heavy atom. The molecule has 1 aliphatic heterocycles. The van der Waals surface area contributed by atoms with Gasteiger partial charge in [-0.05, 0) is 87.2 Å². The Kier molecular flexibility index (Phi) is 5.29. The molecule has 162 valence electrons. The summed E-state index contributed by atoms with van der Waals surface area (Å²) >= 11 is 0. The van der Waals surface area contributed by atoms with Gasteiger partial charge in [-0.3, -0.25) is 14.9 Å². The molecule has 3 nitrogen and oxygen atoms in total. The van der Waals surface area contributed by atoms with Crippen molar-refractivity contribution in [3.05, 3.63) is 71.9 Å². The lowest BCUT2D eigenvalue weighted by molar-refractivity contribution is 0.121. The van der Waals surface area contributed by atoms with E-state index in [2.05, 4.69) is 54.2 Å². The molecule has 0 radical (unpaired) electrons. The van der Waals surface area contributed by atoms with E-state index in [0.717, 1.165) is 43.1 Å². The van der Waals surface area contributed by atoms with E-state index < -0.39 is 0 Å². The minimum Gasteiger partial charge on any atom is -0.294 e. The van der Waals surface area contributed by atoms with Crippen LogP contribution in [0.4, 0.5) is 4.39 Å². The van der Waals surface area contributed by atoms with E-state index >= 15 is 0 Å². The van der Waals surface area contributed by atoms with Crippen molar-refractivity contribution < 1.29 is 4.39 Å². The summed E-state index contributed by atoms with van der Waals surface area (Å²) in [6.07, 6.45) is 10.8. The Morgan fingerprint density at radius 1 is 1.10 bits per heavy atom. The maximum Gasteiger partial charge on any atom is 0.141 e. The Balaban J connectivity index is 1.35. The van der Waals surface area contributed by atoms with Gasteiger partial charge in [-0.2, -0.15) is 0 Å². The molecule has 2 aliphatic rings. The van der Waals surface area contributed by atoms with Crippen LogP contribution in [0.2, 0.25) is 0 Å². The Labute approximate surface area is 184 Å². The van der Waals surface area contributed by atoms with Crippen LogP contribution in [-0.4, -0.2) is 28.0 Å². The van der Waals surface area contributed by atoms with Gasteiger partial charge in [-0.1, -0.05) is 31.0 Å². The van der Waals surface area contributed by atoms with E-state index in [0.29, 0.717) is 5.41 Å². The summed E-state index contributed by atoms with van der Waals surface area (Å²) < 4.78 is 13.3. The predicted octanol–water partition coefficient (Wildman–Crippen LogP) is 6.13. The number of aryl methyl sites for hydroxylation is 1. The van der Waals surface area contributed by atoms with Crippen LogP contribution < -0.4 is 0 Å². The summed E-state index contributed by atoms with van der Waals surface area (Å²) in [5.74, 6) is 0.640. The van der Waals surface area contributed by atoms with E-state index in [-0.39, 0.29) is 11.4 Å². The van der Waals surface area contributed by atoms with Crippen LogP contribution >= 0.6 is 0 Å². The minimum atomic E-state index is -0.255. The third-order valence-electron chi connectivity index (χ3n) is 7.64. The van der Waals surface area contributed by atoms with Crippen molar-refractivity contribution in [3.63, 3.8) is 0 Å². The van der Waals surface area contributed by atoms with Crippen molar-refractivity contribution in [2.75, 3.05) is 13.1 Å². The average molecular weight is 418 g/mol. The zero-order valence-electron chi connectivity index (χ0n) is 18.6. The number of pyridine rings is 2. The molecule has 0 amide bonds. The van der Waals surface area contributed by atoms with Gasteiger partial charge in [0.25, 0.3) is 0 Å². The van der Waals surface area contributed by atoms with Gasteiger partial charge in [-0.15, -0.1) is 0 Å². The number of para-hydroxylation sites is 1. The van der Waals surface area contributed by atoms with Gasteiger partial charge >= 0.3 is 0 Å². The molecule has 5 rings (SSSR count). The van der Waals surface area contributed by atoms with Crippen molar-refractivity contribution >= 4 is 10.9 Å². The highest BCUT2D eigenvalue weighted by Crippen LogP contribution is 2.49. The van der Waals surface area contributed by atoms with Crippen molar-refractivity contribution in [1.29, 1.82) is 0 Å². The van der Waals surface area contributed by atoms with Crippen molar-refractivity contribution in [2.45, 2.75) is 57.9 Å². The van der Waals surface area contributed by atoms with Crippen LogP contribution in [0, 0.1) is 17.2 Å². The largest absolute Gasteiger partial charge is 0.294 e. The van der Waals surface area contributed by atoms with Gasteiger partial charge in [0.2, 0.25) is 0 Å². The molecule has 2 aromatic heterocycles. The van der Waals surface area contributed by atoms with Crippen LogP contribution in [0.1, 0.15) is 57.2 Å². The summed E-state index contributed by atoms with van der Waals surface area (Å²) in [4.78, 5) is 11.7. The summed E-state index contributed by atoms with van der Waals surface area (Å²) in [6.45, 7) is 6.91. The van der Waals surface area contributed by atoms with Crippen molar-refractivity contribution in [2.24, 2.45) is 11.3 Å². The molecular weight excluding hydrogens is 385 g/mol. The Morgan fingerprint density at radius 3 is 2.71 bits per heavy atom. The number of benzene rings is 1. The average Bonchev–Trinajstić information content (AvgIpc) is 3.49. The van der Waals surface area contributed by atoms with Gasteiger partial charge in [0.05, 0.1) is 11.7 Å². The molecule has 1 atom stereocenters. The molecule has 1 aliphatic carbocycles. The van der Waals surface area contributed by atoms with Crippen molar-refractivity contribution in [3.8, 4) is 0 Å². The molecule has 0 spiro atoms. The fourth-order valence-corrected chi connectivity index (χ4v) is 5.36. The zero-order chi connectivity index (χ0) is 21.5. The quantitative estimate of drug-likeness (QED) is 0.463. The molecule has 4 heteroatoms. The number of rotatable bonds is 7. The molecule has 2 fully saturated rings. The molecule has 1 aromatic carbocycles. The topological polar surface area (TPSA) is 29.0 Å². The number of hydrogen-bond donors (Lipinski definition) is 0. The minimum absolute atomic E-state index is 0.0591. The number of nitrogens with zero attached hydrogens (tertiary/aromatic N) is 3. The molecule has 31 heavy (non-hydrogen) atoms. The summed E-state index contributed by atoms with van der Waals surface area (Å²) in [5.41, 5.74) is 3.62. The standard InChI is InChI=1S/C27H32FN3/c1-26(2,22-15-21-5-3-4-6-25(21)30-17-22)31-14-13-27(19-31,16-20-7-8-20)12-11-24-10-9-23(28)18-29-24/h3-6,9-10,15,17-18,20H,7-8,11-14,16,19H2,1-2H3/t27-/m1/s1. The van der Waals surface area contributed by atoms with Crippen molar-refractivity contribution in [1.82, 2.24) is 14.9 Å². The number of fused-ring (bicyclic) bond motifs is 1. The monoisotopic (exact) mass is 417 g/mol. The predicted molar refractivity (Wildman–Crippen MR) is 123 cm³/mol. The van der Waals surface area contributed by atoms with Crippen LogP contribution in [0.25, 0.3) is 10.9 Å². The third-order valence-corrected chi connectivity index (χ3v) is 7.64. The molecule has 0 N–H and O–H groups in total. The number of hydrogen-bond acceptors (Lipinski definition) is 3. The van der Waals surface area contributed by atoms with E-state index in [4.69, 9.17) is 4.98 Å². The summed E-state index contributed by atoms with van der Waals surface area (Å²) in [6, 6.07) is 14.0. The fourth-order valence-electron chi connectivity index (χ4n) is 5.36. The van der Waals surface area contributed by atoms with Gasteiger partial charge in [0, 0.05) is 29.4 Å². The van der Waals surface area contributed by atoms with Crippen LogP contribution in [0.5, 0.6) is 0 Å². The lowest BCUT2D eigenvalue weighted by atomic mass is 9.77. The lowest BCUT2D eigenvalue weighted by Gasteiger charge is -2.38. The number of halogens is 1. The first kappa shape index (κ1) is 20.6. The van der Waals surface area contributed by atoms with Gasteiger partial charge < -0.3 is 0 Å². The first-order valence-electron chi connectivity index (χ1n) is 11.6. The molecule has 0 bridgehead atoms. The van der Waals surface area contributed by atoms with E-state index in [1.54, 1.807) is 0 Å². The number of aromatic nitrogens is 2. The van der Waals surface area contributed by atoms with E-state index in [9.17, 15) is 4.39 Å². The first-order chi connectivity index (χ1) is 14.9. The van der Waals surface area contributed by atoms with Crippen LogP contribution in [-0.2, 0) is 12.0 Å². The fraction of sp³-hybridized carbons (Fsp3) is 0.481.